The largest absolute Gasteiger partial charge is 0.328 e. The van der Waals surface area contributed by atoms with Crippen molar-refractivity contribution >= 4 is 9.84 Å². The molecule has 2 N–H and O–H groups in total. The van der Waals surface area contributed by atoms with Crippen LogP contribution < -0.4 is 5.73 Å². The summed E-state index contributed by atoms with van der Waals surface area (Å²) in [7, 11) is -2.91. The molecular weight excluding hydrogens is 210 g/mol. The van der Waals surface area contributed by atoms with Crippen LogP contribution in [-0.2, 0) is 9.84 Å². The lowest BCUT2D eigenvalue weighted by Gasteiger charge is -2.27. The summed E-state index contributed by atoms with van der Waals surface area (Å²) in [5.74, 6) is 0.606. The van der Waals surface area contributed by atoms with Crippen molar-refractivity contribution < 1.29 is 8.42 Å². The molecule has 0 bridgehead atoms. The van der Waals surface area contributed by atoms with Gasteiger partial charge in [0.15, 0.2) is 9.84 Å². The molecular formula is C11H23NO2S. The van der Waals surface area contributed by atoms with Crippen molar-refractivity contribution in [2.45, 2.75) is 57.2 Å². The lowest BCUT2D eigenvalue weighted by Crippen LogP contribution is -2.37. The molecule has 0 aromatic carbocycles. The zero-order chi connectivity index (χ0) is 11.5. The summed E-state index contributed by atoms with van der Waals surface area (Å²) in [6.07, 6.45) is 4.35. The van der Waals surface area contributed by atoms with E-state index in [2.05, 4.69) is 0 Å². The molecule has 0 aromatic rings. The lowest BCUT2D eigenvalue weighted by atomic mass is 9.96. The molecule has 0 spiro atoms. The van der Waals surface area contributed by atoms with E-state index in [1.165, 1.54) is 0 Å². The summed E-state index contributed by atoms with van der Waals surface area (Å²) in [5.41, 5.74) is 5.82. The topological polar surface area (TPSA) is 60.2 Å². The Bertz CT molecular complexity index is 287. The highest BCUT2D eigenvalue weighted by Crippen LogP contribution is 2.25. The molecule has 0 heterocycles. The van der Waals surface area contributed by atoms with Crippen LogP contribution >= 0.6 is 0 Å². The Labute approximate surface area is 93.3 Å². The van der Waals surface area contributed by atoms with E-state index in [0.717, 1.165) is 25.7 Å². The predicted octanol–water partition coefficient (Wildman–Crippen LogP) is 1.72. The Balaban J connectivity index is 2.60. The molecule has 3 unspecified atom stereocenters. The van der Waals surface area contributed by atoms with Gasteiger partial charge >= 0.3 is 0 Å². The molecule has 0 saturated heterocycles. The van der Waals surface area contributed by atoms with Crippen molar-refractivity contribution in [1.29, 1.82) is 0 Å². The van der Waals surface area contributed by atoms with Crippen molar-refractivity contribution in [3.8, 4) is 0 Å². The van der Waals surface area contributed by atoms with Gasteiger partial charge in [-0.3, -0.25) is 0 Å². The molecule has 3 nitrogen and oxygen atoms in total. The van der Waals surface area contributed by atoms with Crippen LogP contribution in [0, 0.1) is 5.92 Å². The third kappa shape index (κ3) is 3.76. The van der Waals surface area contributed by atoms with Gasteiger partial charge in [0.25, 0.3) is 0 Å². The first-order valence-electron chi connectivity index (χ1n) is 5.92. The highest BCUT2D eigenvalue weighted by Gasteiger charge is 2.30. The van der Waals surface area contributed by atoms with Gasteiger partial charge in [0, 0.05) is 6.04 Å². The van der Waals surface area contributed by atoms with Crippen LogP contribution in [0.25, 0.3) is 0 Å². The number of hydrogen-bond acceptors (Lipinski definition) is 3. The minimum absolute atomic E-state index is 0.0930. The third-order valence-corrected chi connectivity index (χ3v) is 5.87. The highest BCUT2D eigenvalue weighted by molar-refractivity contribution is 7.92. The molecule has 1 aliphatic rings. The van der Waals surface area contributed by atoms with Crippen LogP contribution in [0.1, 0.15) is 46.0 Å². The van der Waals surface area contributed by atoms with Crippen molar-refractivity contribution in [1.82, 2.24) is 0 Å². The summed E-state index contributed by atoms with van der Waals surface area (Å²) in [6, 6.07) is 0.0930. The van der Waals surface area contributed by atoms with Gasteiger partial charge in [-0.25, -0.2) is 8.42 Å². The zero-order valence-electron chi connectivity index (χ0n) is 9.78. The molecule has 4 heteroatoms. The average Bonchev–Trinajstić information content (AvgIpc) is 2.17. The summed E-state index contributed by atoms with van der Waals surface area (Å²) in [5, 5.41) is -0.171. The Morgan fingerprint density at radius 3 is 2.60 bits per heavy atom. The van der Waals surface area contributed by atoms with Gasteiger partial charge in [-0.2, -0.15) is 0 Å². The third-order valence-electron chi connectivity index (χ3n) is 3.39. The molecule has 15 heavy (non-hydrogen) atoms. The van der Waals surface area contributed by atoms with Gasteiger partial charge < -0.3 is 5.73 Å². The maximum atomic E-state index is 12.0. The van der Waals surface area contributed by atoms with E-state index in [9.17, 15) is 8.42 Å². The Kier molecular flexibility index (Phi) is 4.59. The van der Waals surface area contributed by atoms with E-state index in [1.54, 1.807) is 0 Å². The van der Waals surface area contributed by atoms with Crippen LogP contribution in [0.5, 0.6) is 0 Å². The summed E-state index contributed by atoms with van der Waals surface area (Å²) in [6.45, 7) is 4.03. The monoisotopic (exact) mass is 233 g/mol. The first-order chi connectivity index (χ1) is 6.95. The fourth-order valence-corrected chi connectivity index (χ4v) is 4.52. The molecule has 1 rings (SSSR count). The quantitative estimate of drug-likeness (QED) is 0.804. The van der Waals surface area contributed by atoms with Crippen molar-refractivity contribution in [3.63, 3.8) is 0 Å². The van der Waals surface area contributed by atoms with E-state index in [4.69, 9.17) is 5.73 Å². The Morgan fingerprint density at radius 2 is 2.07 bits per heavy atom. The van der Waals surface area contributed by atoms with Gasteiger partial charge in [0.05, 0.1) is 11.0 Å². The minimum Gasteiger partial charge on any atom is -0.328 e. The fraction of sp³-hybridized carbons (Fsp3) is 1.00. The zero-order valence-corrected chi connectivity index (χ0v) is 10.6. The van der Waals surface area contributed by atoms with Crippen LogP contribution in [0.15, 0.2) is 0 Å². The first kappa shape index (κ1) is 13.0. The molecule has 0 radical (unpaired) electrons. The van der Waals surface area contributed by atoms with Crippen molar-refractivity contribution in [3.05, 3.63) is 0 Å². The van der Waals surface area contributed by atoms with Gasteiger partial charge in [0.2, 0.25) is 0 Å². The van der Waals surface area contributed by atoms with E-state index in [-0.39, 0.29) is 17.2 Å². The van der Waals surface area contributed by atoms with Gasteiger partial charge in [-0.1, -0.05) is 26.7 Å². The standard InChI is InChI=1S/C11H23NO2S/c1-3-9(2)8-15(13,14)11-6-4-5-10(12)7-11/h9-11H,3-8,12H2,1-2H3. The normalized spacial score (nSPS) is 30.1. The van der Waals surface area contributed by atoms with E-state index in [0.29, 0.717) is 12.2 Å². The number of nitrogens with two attached hydrogens (primary N) is 1. The van der Waals surface area contributed by atoms with E-state index >= 15 is 0 Å². The Morgan fingerprint density at radius 1 is 1.40 bits per heavy atom. The lowest BCUT2D eigenvalue weighted by molar-refractivity contribution is 0.430. The van der Waals surface area contributed by atoms with Gasteiger partial charge in [-0.05, 0) is 25.2 Å². The SMILES string of the molecule is CCC(C)CS(=O)(=O)C1CCCC(N)C1. The molecule has 0 aliphatic heterocycles. The van der Waals surface area contributed by atoms with E-state index < -0.39 is 9.84 Å². The molecule has 0 aromatic heterocycles. The fourth-order valence-electron chi connectivity index (χ4n) is 2.16. The number of sulfone groups is 1. The van der Waals surface area contributed by atoms with Crippen LogP contribution in [0.4, 0.5) is 0 Å². The summed E-state index contributed by atoms with van der Waals surface area (Å²) in [4.78, 5) is 0. The number of hydrogen-bond donors (Lipinski definition) is 1. The second kappa shape index (κ2) is 5.30. The van der Waals surface area contributed by atoms with Crippen molar-refractivity contribution in [2.24, 2.45) is 11.7 Å². The Hall–Kier alpha value is -0.0900. The summed E-state index contributed by atoms with van der Waals surface area (Å²) >= 11 is 0. The van der Waals surface area contributed by atoms with E-state index in [1.807, 2.05) is 13.8 Å². The second-order valence-corrected chi connectivity index (χ2v) is 7.22. The number of rotatable bonds is 4. The van der Waals surface area contributed by atoms with Gasteiger partial charge in [0.1, 0.15) is 0 Å². The molecule has 1 saturated carbocycles. The molecule has 0 amide bonds. The maximum Gasteiger partial charge on any atom is 0.153 e. The average molecular weight is 233 g/mol. The predicted molar refractivity (Wildman–Crippen MR) is 63.5 cm³/mol. The highest BCUT2D eigenvalue weighted by atomic mass is 32.2. The second-order valence-electron chi connectivity index (χ2n) is 4.89. The maximum absolute atomic E-state index is 12.0. The first-order valence-corrected chi connectivity index (χ1v) is 7.64. The van der Waals surface area contributed by atoms with Crippen LogP contribution in [-0.4, -0.2) is 25.5 Å². The molecule has 1 fully saturated rings. The van der Waals surface area contributed by atoms with Crippen molar-refractivity contribution in [2.75, 3.05) is 5.75 Å². The molecule has 90 valence electrons. The van der Waals surface area contributed by atoms with Gasteiger partial charge in [-0.15, -0.1) is 0 Å². The molecule has 3 atom stereocenters. The smallest absolute Gasteiger partial charge is 0.153 e. The van der Waals surface area contributed by atoms with Crippen LogP contribution in [0.3, 0.4) is 0 Å². The minimum atomic E-state index is -2.91. The van der Waals surface area contributed by atoms with Crippen LogP contribution in [0.2, 0.25) is 0 Å². The summed E-state index contributed by atoms with van der Waals surface area (Å²) < 4.78 is 24.1. The molecule has 1 aliphatic carbocycles.